The number of nitrogens with zero attached hydrogens (tertiary/aromatic N) is 1. The number of hydrogen-bond donors (Lipinski definition) is 3. The molecule has 178 valence electrons. The molecule has 3 aromatic rings. The van der Waals surface area contributed by atoms with Crippen LogP contribution in [0.3, 0.4) is 0 Å². The zero-order chi connectivity index (χ0) is 24.1. The molecule has 1 saturated heterocycles. The van der Waals surface area contributed by atoms with Crippen LogP contribution in [0.25, 0.3) is 10.8 Å². The molecule has 0 aliphatic carbocycles. The smallest absolute Gasteiger partial charge is 0.241 e. The minimum absolute atomic E-state index is 0.0750. The van der Waals surface area contributed by atoms with Gasteiger partial charge in [-0.25, -0.2) is 8.42 Å². The molecule has 1 fully saturated rings. The number of fused-ring (bicyclic) bond motifs is 1. The van der Waals surface area contributed by atoms with E-state index in [2.05, 4.69) is 4.72 Å². The maximum Gasteiger partial charge on any atom is 0.241 e. The fraction of sp³-hybridized carbons (Fsp3) is 0.308. The summed E-state index contributed by atoms with van der Waals surface area (Å²) in [6.45, 7) is 1.25. The van der Waals surface area contributed by atoms with Crippen molar-refractivity contribution in [3.63, 3.8) is 0 Å². The van der Waals surface area contributed by atoms with Crippen molar-refractivity contribution >= 4 is 32.5 Å². The third kappa shape index (κ3) is 5.63. The third-order valence-corrected chi connectivity index (χ3v) is 7.69. The van der Waals surface area contributed by atoms with Crippen molar-refractivity contribution in [1.29, 1.82) is 5.41 Å². The number of carbonyl (C=O) groups excluding carboxylic acids is 1. The molecule has 1 aliphatic rings. The molecule has 34 heavy (non-hydrogen) atoms. The van der Waals surface area contributed by atoms with Gasteiger partial charge in [0, 0.05) is 18.7 Å². The van der Waals surface area contributed by atoms with Crippen molar-refractivity contribution in [2.75, 3.05) is 13.1 Å². The number of nitrogen functional groups attached to an aromatic ring is 1. The molecule has 1 amide bonds. The molecule has 4 rings (SSSR count). The molecule has 0 saturated carbocycles. The second kappa shape index (κ2) is 10.4. The molecule has 0 unspecified atom stereocenters. The molecule has 8 heteroatoms. The summed E-state index contributed by atoms with van der Waals surface area (Å²) >= 11 is 0. The number of nitrogens with one attached hydrogen (secondary N) is 2. The van der Waals surface area contributed by atoms with Crippen LogP contribution in [0.15, 0.2) is 71.6 Å². The number of benzene rings is 3. The van der Waals surface area contributed by atoms with Crippen LogP contribution in [0.2, 0.25) is 0 Å². The highest BCUT2D eigenvalue weighted by molar-refractivity contribution is 7.89. The van der Waals surface area contributed by atoms with Crippen LogP contribution in [-0.4, -0.2) is 44.2 Å². The van der Waals surface area contributed by atoms with Crippen molar-refractivity contribution in [2.45, 2.75) is 43.0 Å². The van der Waals surface area contributed by atoms with Crippen molar-refractivity contribution in [2.24, 2.45) is 5.73 Å². The summed E-state index contributed by atoms with van der Waals surface area (Å²) in [5.41, 5.74) is 6.90. The lowest BCUT2D eigenvalue weighted by Gasteiger charge is -2.27. The van der Waals surface area contributed by atoms with E-state index in [1.165, 1.54) is 0 Å². The molecule has 0 spiro atoms. The number of nitrogens with two attached hydrogens (primary N) is 1. The number of likely N-dealkylation sites (tertiary alicyclic amines) is 1. The lowest BCUT2D eigenvalue weighted by atomic mass is 10.0. The van der Waals surface area contributed by atoms with Crippen LogP contribution in [-0.2, 0) is 21.2 Å². The zero-order valence-corrected chi connectivity index (χ0v) is 19.9. The first-order chi connectivity index (χ1) is 16.3. The maximum atomic E-state index is 13.5. The summed E-state index contributed by atoms with van der Waals surface area (Å²) in [5, 5.41) is 9.46. The van der Waals surface area contributed by atoms with Crippen molar-refractivity contribution in [3.8, 4) is 0 Å². The standard InChI is InChI=1S/C26H30N4O3S/c27-25(28)22-11-7-8-19(16-22)17-24(26(31)30-14-5-1-2-6-15-30)29-34(32,33)23-13-12-20-9-3-4-10-21(20)18-23/h3-4,7-13,16,18,24,29H,1-2,5-6,14-15,17H2,(H3,27,28)/t24-/m0/s1. The van der Waals surface area contributed by atoms with E-state index in [1.54, 1.807) is 41.3 Å². The molecule has 0 radical (unpaired) electrons. The fourth-order valence-electron chi connectivity index (χ4n) is 4.38. The first kappa shape index (κ1) is 23.9. The van der Waals surface area contributed by atoms with Crippen molar-refractivity contribution < 1.29 is 13.2 Å². The SMILES string of the molecule is N=C(N)c1cccc(C[C@H](NS(=O)(=O)c2ccc3ccccc3c2)C(=O)N2CCCCCC2)c1. The van der Waals surface area contributed by atoms with E-state index in [-0.39, 0.29) is 23.1 Å². The topological polar surface area (TPSA) is 116 Å². The summed E-state index contributed by atoms with van der Waals surface area (Å²) < 4.78 is 29.4. The average molecular weight is 479 g/mol. The summed E-state index contributed by atoms with van der Waals surface area (Å²) in [4.78, 5) is 15.4. The van der Waals surface area contributed by atoms with Gasteiger partial charge in [0.2, 0.25) is 15.9 Å². The molecule has 7 nitrogen and oxygen atoms in total. The van der Waals surface area contributed by atoms with Gasteiger partial charge in [0.05, 0.1) is 4.90 Å². The number of rotatable bonds is 7. The molecule has 4 N–H and O–H groups in total. The molecular weight excluding hydrogens is 448 g/mol. The molecule has 0 bridgehead atoms. The molecular formula is C26H30N4O3S. The summed E-state index contributed by atoms with van der Waals surface area (Å²) in [7, 11) is -3.95. The Morgan fingerprint density at radius 2 is 1.65 bits per heavy atom. The van der Waals surface area contributed by atoms with Crippen LogP contribution in [0.1, 0.15) is 36.8 Å². The van der Waals surface area contributed by atoms with Crippen LogP contribution in [0, 0.1) is 5.41 Å². The van der Waals surface area contributed by atoms with E-state index in [0.29, 0.717) is 18.7 Å². The average Bonchev–Trinajstić information content (AvgIpc) is 3.12. The molecule has 1 aliphatic heterocycles. The van der Waals surface area contributed by atoms with E-state index in [1.807, 2.05) is 30.3 Å². The van der Waals surface area contributed by atoms with Crippen LogP contribution in [0.4, 0.5) is 0 Å². The van der Waals surface area contributed by atoms with Crippen LogP contribution in [0.5, 0.6) is 0 Å². The van der Waals surface area contributed by atoms with Gasteiger partial charge in [0.25, 0.3) is 0 Å². The first-order valence-electron chi connectivity index (χ1n) is 11.6. The lowest BCUT2D eigenvalue weighted by molar-refractivity contribution is -0.132. The molecule has 0 aromatic heterocycles. The van der Waals surface area contributed by atoms with Crippen LogP contribution >= 0.6 is 0 Å². The van der Waals surface area contributed by atoms with Gasteiger partial charge in [-0.2, -0.15) is 4.72 Å². The zero-order valence-electron chi connectivity index (χ0n) is 19.0. The van der Waals surface area contributed by atoms with E-state index < -0.39 is 16.1 Å². The monoisotopic (exact) mass is 478 g/mol. The Bertz CT molecular complexity index is 1300. The summed E-state index contributed by atoms with van der Waals surface area (Å²) in [5.74, 6) is -0.298. The first-order valence-corrected chi connectivity index (χ1v) is 13.0. The van der Waals surface area contributed by atoms with Gasteiger partial charge in [0.15, 0.2) is 0 Å². The Labute approximate surface area is 200 Å². The van der Waals surface area contributed by atoms with Gasteiger partial charge < -0.3 is 10.6 Å². The van der Waals surface area contributed by atoms with Gasteiger partial charge in [-0.05, 0) is 53.8 Å². The van der Waals surface area contributed by atoms with E-state index in [4.69, 9.17) is 11.1 Å². The van der Waals surface area contributed by atoms with E-state index in [0.717, 1.165) is 42.0 Å². The van der Waals surface area contributed by atoms with Gasteiger partial charge in [-0.1, -0.05) is 61.4 Å². The number of carbonyl (C=O) groups is 1. The van der Waals surface area contributed by atoms with Crippen molar-refractivity contribution in [3.05, 3.63) is 77.9 Å². The third-order valence-electron chi connectivity index (χ3n) is 6.22. The molecule has 1 atom stereocenters. The minimum Gasteiger partial charge on any atom is -0.384 e. The number of amides is 1. The van der Waals surface area contributed by atoms with Gasteiger partial charge >= 0.3 is 0 Å². The highest BCUT2D eigenvalue weighted by Crippen LogP contribution is 2.21. The Balaban J connectivity index is 1.65. The normalized spacial score (nSPS) is 15.6. The second-order valence-electron chi connectivity index (χ2n) is 8.74. The van der Waals surface area contributed by atoms with Crippen molar-refractivity contribution in [1.82, 2.24) is 9.62 Å². The quantitative estimate of drug-likeness (QED) is 0.356. The summed E-state index contributed by atoms with van der Waals surface area (Å²) in [6, 6.07) is 18.6. The fourth-order valence-corrected chi connectivity index (χ4v) is 5.61. The molecule has 1 heterocycles. The highest BCUT2D eigenvalue weighted by Gasteiger charge is 2.30. The Kier molecular flexibility index (Phi) is 7.29. The second-order valence-corrected chi connectivity index (χ2v) is 10.5. The highest BCUT2D eigenvalue weighted by atomic mass is 32.2. The Morgan fingerprint density at radius 3 is 2.35 bits per heavy atom. The predicted octanol–water partition coefficient (Wildman–Crippen LogP) is 3.42. The predicted molar refractivity (Wildman–Crippen MR) is 134 cm³/mol. The van der Waals surface area contributed by atoms with Gasteiger partial charge in [-0.15, -0.1) is 0 Å². The lowest BCUT2D eigenvalue weighted by Crippen LogP contribution is -2.50. The van der Waals surface area contributed by atoms with Gasteiger partial charge in [-0.3, -0.25) is 10.2 Å². The Hall–Kier alpha value is -3.23. The van der Waals surface area contributed by atoms with E-state index >= 15 is 0 Å². The number of amidine groups is 1. The number of sulfonamides is 1. The largest absolute Gasteiger partial charge is 0.384 e. The van der Waals surface area contributed by atoms with Gasteiger partial charge in [0.1, 0.15) is 11.9 Å². The minimum atomic E-state index is -3.95. The molecule has 3 aromatic carbocycles. The maximum absolute atomic E-state index is 13.5. The number of hydrogen-bond acceptors (Lipinski definition) is 4. The Morgan fingerprint density at radius 1 is 0.941 bits per heavy atom. The summed E-state index contributed by atoms with van der Waals surface area (Å²) in [6.07, 6.45) is 4.13. The van der Waals surface area contributed by atoms with Crippen LogP contribution < -0.4 is 10.5 Å². The van der Waals surface area contributed by atoms with E-state index in [9.17, 15) is 13.2 Å².